The van der Waals surface area contributed by atoms with Crippen molar-refractivity contribution in [3.05, 3.63) is 134 Å². The zero-order chi connectivity index (χ0) is 71.8. The summed E-state index contributed by atoms with van der Waals surface area (Å²) in [4.78, 5) is 13.4. The summed E-state index contributed by atoms with van der Waals surface area (Å²) in [6.45, 7) is 1.56. The van der Waals surface area contributed by atoms with Gasteiger partial charge in [-0.05, 0) is 103 Å². The number of aliphatic hydroxyl groups excluding tert-OH is 11. The number of rotatable bonds is 57. The molecule has 17 atom stereocenters. The molecule has 3 saturated heterocycles. The molecule has 566 valence electrons. The highest BCUT2D eigenvalue weighted by molar-refractivity contribution is 5.76. The number of aliphatic hydroxyl groups is 11. The highest BCUT2D eigenvalue weighted by Crippen LogP contribution is 2.33. The van der Waals surface area contributed by atoms with Crippen molar-refractivity contribution < 1.29 is 89.4 Å². The summed E-state index contributed by atoms with van der Waals surface area (Å²) in [5, 5.41) is 120. The average molecular weight is 1400 g/mol. The molecule has 17 unspecified atom stereocenters. The van der Waals surface area contributed by atoms with Gasteiger partial charge in [-0.1, -0.05) is 257 Å². The molecule has 0 aromatic rings. The van der Waals surface area contributed by atoms with E-state index in [1.54, 1.807) is 6.08 Å². The first-order chi connectivity index (χ1) is 48.3. The molecule has 1 amide bonds. The van der Waals surface area contributed by atoms with Crippen molar-refractivity contribution in [3.8, 4) is 0 Å². The zero-order valence-corrected chi connectivity index (χ0v) is 60.2. The largest absolute Gasteiger partial charge is 0.394 e. The third-order valence-corrected chi connectivity index (χ3v) is 17.9. The molecule has 0 aromatic carbocycles. The third kappa shape index (κ3) is 40.0. The van der Waals surface area contributed by atoms with E-state index in [0.29, 0.717) is 12.8 Å². The normalized spacial score (nSPS) is 27.4. The van der Waals surface area contributed by atoms with Crippen molar-refractivity contribution in [1.82, 2.24) is 5.32 Å². The monoisotopic (exact) mass is 1400 g/mol. The fourth-order valence-corrected chi connectivity index (χ4v) is 11.8. The van der Waals surface area contributed by atoms with E-state index in [0.717, 1.165) is 109 Å². The Kier molecular flexibility index (Phi) is 53.4. The van der Waals surface area contributed by atoms with Crippen LogP contribution in [0.15, 0.2) is 134 Å². The number of amides is 1. The van der Waals surface area contributed by atoms with Crippen molar-refractivity contribution >= 4 is 5.91 Å². The fourth-order valence-electron chi connectivity index (χ4n) is 11.8. The van der Waals surface area contributed by atoms with Gasteiger partial charge in [0.1, 0.15) is 73.2 Å². The van der Waals surface area contributed by atoms with Gasteiger partial charge in [-0.2, -0.15) is 0 Å². The van der Waals surface area contributed by atoms with Crippen LogP contribution in [0.4, 0.5) is 0 Å². The first-order valence-electron chi connectivity index (χ1n) is 37.9. The lowest BCUT2D eigenvalue weighted by molar-refractivity contribution is -0.379. The van der Waals surface area contributed by atoms with Crippen molar-refractivity contribution in [1.29, 1.82) is 0 Å². The fraction of sp³-hybridized carbons (Fsp3) is 0.713. The third-order valence-electron chi connectivity index (χ3n) is 17.9. The van der Waals surface area contributed by atoms with Crippen LogP contribution in [0.5, 0.6) is 0 Å². The molecule has 0 aliphatic carbocycles. The standard InChI is InChI=1S/C80H133NO18/c1-3-5-7-9-11-13-15-17-18-19-20-21-22-23-24-25-26-27-28-29-30-31-32-33-34-35-36-37-38-39-40-41-42-43-44-46-48-50-52-54-56-58-68(86)81-63(64(85)57-55-53-51-49-47-45-16-14-12-10-8-6-4-2)62-94-78-74(92)71(89)76(66(60-83)96-78)99-80-75(93)72(90)77(67(61-84)97-80)98-79-73(91)70(88)69(87)65(59-82)95-79/h5,7,11,13,17-18,20-21,23-24,26-27,29-30,32-33,35-36,47,49,55,57,63-67,69-80,82-85,87-93H,3-4,6,8-10,12,14-16,19,22,25,28,31,34,37-46,48,50-54,56,58-62H2,1-2H3,(H,81,86)/b7-5-,13-11-,18-17-,21-20-,24-23-,27-26-,30-29-,33-32-,36-35-,49-47+,57-55+. The number of unbranched alkanes of at least 4 members (excludes halogenated alkanes) is 21. The Morgan fingerprint density at radius 3 is 1.13 bits per heavy atom. The van der Waals surface area contributed by atoms with Gasteiger partial charge in [-0.3, -0.25) is 4.79 Å². The lowest BCUT2D eigenvalue weighted by atomic mass is 9.96. The molecule has 3 aliphatic heterocycles. The molecule has 0 bridgehead atoms. The number of nitrogens with one attached hydrogen (secondary N) is 1. The second-order valence-corrected chi connectivity index (χ2v) is 26.4. The number of allylic oxidation sites excluding steroid dienone is 21. The molecule has 0 spiro atoms. The van der Waals surface area contributed by atoms with Gasteiger partial charge in [-0.15, -0.1) is 0 Å². The number of carbonyl (C=O) groups is 1. The topological polar surface area (TPSA) is 307 Å². The van der Waals surface area contributed by atoms with E-state index in [4.69, 9.17) is 28.4 Å². The van der Waals surface area contributed by atoms with E-state index in [1.165, 1.54) is 89.9 Å². The van der Waals surface area contributed by atoms with Crippen LogP contribution in [0.3, 0.4) is 0 Å². The van der Waals surface area contributed by atoms with E-state index in [2.05, 4.69) is 141 Å². The maximum atomic E-state index is 13.4. The second-order valence-electron chi connectivity index (χ2n) is 26.4. The van der Waals surface area contributed by atoms with Crippen LogP contribution in [0.25, 0.3) is 0 Å². The van der Waals surface area contributed by atoms with E-state index in [1.807, 2.05) is 6.08 Å². The van der Waals surface area contributed by atoms with Crippen molar-refractivity contribution in [2.45, 2.75) is 336 Å². The molecule has 19 heteroatoms. The molecule has 99 heavy (non-hydrogen) atoms. The van der Waals surface area contributed by atoms with Gasteiger partial charge in [0.25, 0.3) is 0 Å². The molecule has 3 fully saturated rings. The Balaban J connectivity index is 1.31. The van der Waals surface area contributed by atoms with Gasteiger partial charge in [0.15, 0.2) is 18.9 Å². The quantitative estimate of drug-likeness (QED) is 0.0199. The van der Waals surface area contributed by atoms with E-state index in [-0.39, 0.29) is 18.9 Å². The second kappa shape index (κ2) is 59.3. The van der Waals surface area contributed by atoms with Gasteiger partial charge in [0, 0.05) is 6.42 Å². The summed E-state index contributed by atoms with van der Waals surface area (Å²) >= 11 is 0. The minimum atomic E-state index is -1.99. The van der Waals surface area contributed by atoms with Crippen LogP contribution in [-0.2, 0) is 33.2 Å². The molecular weight excluding hydrogens is 1260 g/mol. The van der Waals surface area contributed by atoms with Gasteiger partial charge < -0.3 is 89.9 Å². The average Bonchev–Trinajstić information content (AvgIpc) is 0.785. The Morgan fingerprint density at radius 2 is 0.707 bits per heavy atom. The van der Waals surface area contributed by atoms with Crippen molar-refractivity contribution in [3.63, 3.8) is 0 Å². The molecule has 0 radical (unpaired) electrons. The molecule has 0 saturated carbocycles. The Labute approximate surface area is 594 Å². The van der Waals surface area contributed by atoms with Gasteiger partial charge >= 0.3 is 0 Å². The van der Waals surface area contributed by atoms with E-state index >= 15 is 0 Å². The lowest BCUT2D eigenvalue weighted by Gasteiger charge is -2.48. The summed E-state index contributed by atoms with van der Waals surface area (Å²) in [7, 11) is 0. The van der Waals surface area contributed by atoms with Crippen molar-refractivity contribution in [2.75, 3.05) is 26.4 Å². The van der Waals surface area contributed by atoms with Crippen molar-refractivity contribution in [2.24, 2.45) is 0 Å². The summed E-state index contributed by atoms with van der Waals surface area (Å²) in [6, 6.07) is -0.998. The van der Waals surface area contributed by atoms with Crippen LogP contribution in [0.2, 0.25) is 0 Å². The molecule has 19 nitrogen and oxygen atoms in total. The molecule has 12 N–H and O–H groups in total. The first kappa shape index (κ1) is 89.1. The summed E-state index contributed by atoms with van der Waals surface area (Å²) < 4.78 is 34.3. The van der Waals surface area contributed by atoms with Crippen LogP contribution in [0.1, 0.15) is 232 Å². The van der Waals surface area contributed by atoms with E-state index < -0.39 is 124 Å². The molecule has 3 rings (SSSR count). The summed E-state index contributed by atoms with van der Waals surface area (Å²) in [6.07, 6.45) is 57.4. The van der Waals surface area contributed by atoms with Crippen LogP contribution in [0, 0.1) is 0 Å². The predicted octanol–water partition coefficient (Wildman–Crippen LogP) is 11.7. The van der Waals surface area contributed by atoms with E-state index in [9.17, 15) is 61.0 Å². The smallest absolute Gasteiger partial charge is 0.220 e. The molecular formula is C80H133NO18. The first-order valence-corrected chi connectivity index (χ1v) is 37.9. The van der Waals surface area contributed by atoms with Gasteiger partial charge in [-0.25, -0.2) is 0 Å². The van der Waals surface area contributed by atoms with Gasteiger partial charge in [0.05, 0.1) is 38.6 Å². The van der Waals surface area contributed by atoms with Crippen LogP contribution < -0.4 is 5.32 Å². The Bertz CT molecular complexity index is 2310. The summed E-state index contributed by atoms with van der Waals surface area (Å²) in [5.74, 6) is -0.292. The minimum Gasteiger partial charge on any atom is -0.394 e. The SMILES string of the molecule is CC/C=C\C/C=C\C/C=C\C/C=C\C/C=C\C/C=C\C/C=C\C/C=C\C/C=C\CCCCCCCCCCCCCCCC(=O)NC(COC1OC(CO)C(OC2OC(CO)C(OC3OC(CO)C(O)C(O)C3O)C(O)C2O)C(O)C1O)C(O)/C=C/CC/C=C/CCCCCCCCC. The van der Waals surface area contributed by atoms with Gasteiger partial charge in [0.2, 0.25) is 5.91 Å². The highest BCUT2D eigenvalue weighted by Gasteiger charge is 2.53. The van der Waals surface area contributed by atoms with Crippen LogP contribution in [-0.4, -0.2) is 193 Å². The number of carbonyl (C=O) groups excluding carboxylic acids is 1. The minimum absolute atomic E-state index is 0.226. The molecule has 3 heterocycles. The number of ether oxygens (including phenoxy) is 6. The summed E-state index contributed by atoms with van der Waals surface area (Å²) in [5.41, 5.74) is 0. The lowest BCUT2D eigenvalue weighted by Crippen LogP contribution is -2.66. The number of hydrogen-bond donors (Lipinski definition) is 12. The maximum Gasteiger partial charge on any atom is 0.220 e. The molecule has 3 aliphatic rings. The Morgan fingerprint density at radius 1 is 0.374 bits per heavy atom. The zero-order valence-electron chi connectivity index (χ0n) is 60.2. The maximum absolute atomic E-state index is 13.4. The predicted molar refractivity (Wildman–Crippen MR) is 392 cm³/mol. The van der Waals surface area contributed by atoms with Crippen LogP contribution >= 0.6 is 0 Å². The molecule has 0 aromatic heterocycles. The number of hydrogen-bond acceptors (Lipinski definition) is 18. The highest BCUT2D eigenvalue weighted by atomic mass is 16.8. The Hall–Kier alpha value is -4.07.